The largest absolute Gasteiger partial charge is 0.364 e. The van der Waals surface area contributed by atoms with Crippen LogP contribution in [0.3, 0.4) is 0 Å². The molecule has 2 atom stereocenters. The van der Waals surface area contributed by atoms with Gasteiger partial charge in [-0.15, -0.1) is 0 Å². The van der Waals surface area contributed by atoms with Crippen LogP contribution in [0.1, 0.15) is 39.5 Å². The number of rotatable bonds is 3. The number of nitrogens with zero attached hydrogens (tertiary/aromatic N) is 1. The van der Waals surface area contributed by atoms with E-state index in [-0.39, 0.29) is 18.1 Å². The molecule has 2 rings (SSSR count). The van der Waals surface area contributed by atoms with Crippen LogP contribution in [0.4, 0.5) is 0 Å². The van der Waals surface area contributed by atoms with E-state index in [4.69, 9.17) is 10.6 Å². The molecule has 3 N–H and O–H groups in total. The van der Waals surface area contributed by atoms with Crippen LogP contribution in [0, 0.1) is 5.41 Å². The molecule has 2 aliphatic rings. The number of hydrazine groups is 1. The zero-order chi connectivity index (χ0) is 13.2. The van der Waals surface area contributed by atoms with Crippen molar-refractivity contribution in [2.45, 2.75) is 51.7 Å². The molecule has 2 aliphatic heterocycles. The van der Waals surface area contributed by atoms with Gasteiger partial charge in [0, 0.05) is 13.1 Å². The Balaban J connectivity index is 1.79. The molecule has 1 amide bonds. The monoisotopic (exact) mass is 255 g/mol. The average molecular weight is 255 g/mol. The van der Waals surface area contributed by atoms with Gasteiger partial charge < -0.3 is 9.64 Å². The molecule has 0 spiro atoms. The molecule has 0 aromatic heterocycles. The highest BCUT2D eigenvalue weighted by atomic mass is 16.5. The fourth-order valence-electron chi connectivity index (χ4n) is 3.11. The minimum Gasteiger partial charge on any atom is -0.364 e. The van der Waals surface area contributed by atoms with Crippen LogP contribution in [0.25, 0.3) is 0 Å². The van der Waals surface area contributed by atoms with E-state index in [2.05, 4.69) is 24.2 Å². The smallest absolute Gasteiger partial charge is 0.263 e. The number of hydrogen-bond acceptors (Lipinski definition) is 4. The summed E-state index contributed by atoms with van der Waals surface area (Å²) in [7, 11) is 0. The molecule has 0 radical (unpaired) electrons. The Hall–Kier alpha value is -0.650. The number of ether oxygens (including phenoxy) is 1. The first-order chi connectivity index (χ1) is 8.50. The third-order valence-electron chi connectivity index (χ3n) is 3.98. The molecule has 18 heavy (non-hydrogen) atoms. The fraction of sp³-hybridized carbons (Fsp3) is 0.923. The van der Waals surface area contributed by atoms with Crippen molar-refractivity contribution < 1.29 is 9.53 Å². The second-order valence-electron chi connectivity index (χ2n) is 6.34. The molecule has 5 heteroatoms. The van der Waals surface area contributed by atoms with E-state index < -0.39 is 0 Å². The summed E-state index contributed by atoms with van der Waals surface area (Å²) < 4.78 is 5.75. The van der Waals surface area contributed by atoms with Crippen LogP contribution in [0.2, 0.25) is 0 Å². The highest BCUT2D eigenvalue weighted by Gasteiger charge is 2.33. The lowest BCUT2D eigenvalue weighted by atomic mass is 9.84. The molecule has 5 nitrogen and oxygen atoms in total. The van der Waals surface area contributed by atoms with Gasteiger partial charge in [0.15, 0.2) is 0 Å². The van der Waals surface area contributed by atoms with E-state index >= 15 is 0 Å². The third kappa shape index (κ3) is 3.43. The summed E-state index contributed by atoms with van der Waals surface area (Å²) in [6.45, 7) is 7.86. The second-order valence-corrected chi connectivity index (χ2v) is 6.34. The summed E-state index contributed by atoms with van der Waals surface area (Å²) in [6, 6.07) is 0. The minimum atomic E-state index is -0.349. The van der Waals surface area contributed by atoms with E-state index in [9.17, 15) is 4.79 Å². The molecule has 0 aromatic rings. The highest BCUT2D eigenvalue weighted by molar-refractivity contribution is 5.80. The third-order valence-corrected chi connectivity index (χ3v) is 3.98. The molecule has 2 unspecified atom stereocenters. The fourth-order valence-corrected chi connectivity index (χ4v) is 3.11. The number of likely N-dealkylation sites (tertiary alicyclic amines) is 1. The summed E-state index contributed by atoms with van der Waals surface area (Å²) in [5, 5.41) is 0. The van der Waals surface area contributed by atoms with Crippen molar-refractivity contribution in [2.75, 3.05) is 19.6 Å². The van der Waals surface area contributed by atoms with E-state index in [1.165, 1.54) is 12.8 Å². The highest BCUT2D eigenvalue weighted by Crippen LogP contribution is 2.29. The molecule has 2 heterocycles. The van der Waals surface area contributed by atoms with Crippen molar-refractivity contribution in [3.05, 3.63) is 0 Å². The Morgan fingerprint density at radius 1 is 1.50 bits per heavy atom. The van der Waals surface area contributed by atoms with Gasteiger partial charge in [-0.25, -0.2) is 5.84 Å². The van der Waals surface area contributed by atoms with Crippen molar-refractivity contribution in [3.8, 4) is 0 Å². The van der Waals surface area contributed by atoms with Crippen molar-refractivity contribution in [3.63, 3.8) is 0 Å². The van der Waals surface area contributed by atoms with Crippen molar-refractivity contribution in [1.29, 1.82) is 0 Å². The van der Waals surface area contributed by atoms with Gasteiger partial charge >= 0.3 is 0 Å². The van der Waals surface area contributed by atoms with Crippen LogP contribution < -0.4 is 11.3 Å². The molecule has 2 fully saturated rings. The van der Waals surface area contributed by atoms with Crippen molar-refractivity contribution in [1.82, 2.24) is 10.3 Å². The Labute approximate surface area is 109 Å². The maximum Gasteiger partial charge on any atom is 0.263 e. The van der Waals surface area contributed by atoms with Gasteiger partial charge in [-0.2, -0.15) is 0 Å². The maximum atomic E-state index is 11.4. The van der Waals surface area contributed by atoms with Gasteiger partial charge in [0.05, 0.1) is 6.10 Å². The Morgan fingerprint density at radius 3 is 2.94 bits per heavy atom. The van der Waals surface area contributed by atoms with E-state index in [0.717, 1.165) is 32.5 Å². The molecule has 0 bridgehead atoms. The van der Waals surface area contributed by atoms with Gasteiger partial charge in [-0.3, -0.25) is 10.2 Å². The molecule has 104 valence electrons. The quantitative estimate of drug-likeness (QED) is 0.441. The Bertz CT molecular complexity index is 307. The van der Waals surface area contributed by atoms with Crippen LogP contribution in [-0.4, -0.2) is 42.6 Å². The molecule has 0 aromatic carbocycles. The van der Waals surface area contributed by atoms with Crippen LogP contribution in [0.5, 0.6) is 0 Å². The lowest BCUT2D eigenvalue weighted by Crippen LogP contribution is -2.44. The molecule has 0 aliphatic carbocycles. The normalized spacial score (nSPS) is 32.4. The summed E-state index contributed by atoms with van der Waals surface area (Å²) in [6.07, 6.45) is 4.12. The molecular formula is C13H25N3O2. The summed E-state index contributed by atoms with van der Waals surface area (Å²) in [5.74, 6) is 4.93. The van der Waals surface area contributed by atoms with E-state index in [0.29, 0.717) is 5.41 Å². The van der Waals surface area contributed by atoms with Crippen LogP contribution in [0.15, 0.2) is 0 Å². The lowest BCUT2D eigenvalue weighted by Gasteiger charge is -2.39. The Morgan fingerprint density at radius 2 is 2.28 bits per heavy atom. The zero-order valence-electron chi connectivity index (χ0n) is 11.4. The van der Waals surface area contributed by atoms with Crippen molar-refractivity contribution >= 4 is 5.91 Å². The first-order valence-electron chi connectivity index (χ1n) is 6.88. The molecule has 2 saturated heterocycles. The average Bonchev–Trinajstić information content (AvgIpc) is 2.75. The number of nitrogens with one attached hydrogen (secondary N) is 1. The maximum absolute atomic E-state index is 11.4. The van der Waals surface area contributed by atoms with Crippen molar-refractivity contribution in [2.24, 2.45) is 11.3 Å². The summed E-state index contributed by atoms with van der Waals surface area (Å²) in [4.78, 5) is 13.8. The number of nitrogens with two attached hydrogens (primary N) is 1. The summed E-state index contributed by atoms with van der Waals surface area (Å²) in [5.41, 5.74) is 2.57. The number of piperidine rings is 1. The lowest BCUT2D eigenvalue weighted by molar-refractivity contribution is -0.132. The number of carbonyl (C=O) groups is 1. The first kappa shape index (κ1) is 13.8. The summed E-state index contributed by atoms with van der Waals surface area (Å²) >= 11 is 0. The predicted octanol–water partition coefficient (Wildman–Crippen LogP) is 0.646. The standard InChI is InChI=1S/C13H25N3O2/c1-13(2)6-3-7-16(9-13)8-10-4-5-11(18-10)12(17)15-14/h10-11H,3-9,14H2,1-2H3,(H,15,17). The van der Waals surface area contributed by atoms with Crippen LogP contribution in [-0.2, 0) is 9.53 Å². The van der Waals surface area contributed by atoms with Crippen LogP contribution >= 0.6 is 0 Å². The van der Waals surface area contributed by atoms with Gasteiger partial charge in [0.1, 0.15) is 6.10 Å². The second kappa shape index (κ2) is 5.55. The number of carbonyl (C=O) groups excluding carboxylic acids is 1. The van der Waals surface area contributed by atoms with Gasteiger partial charge in [-0.05, 0) is 37.6 Å². The van der Waals surface area contributed by atoms with Gasteiger partial charge in [0.2, 0.25) is 0 Å². The molecular weight excluding hydrogens is 230 g/mol. The topological polar surface area (TPSA) is 67.6 Å². The SMILES string of the molecule is CC1(C)CCCN(CC2CCC(C(=O)NN)O2)C1. The van der Waals surface area contributed by atoms with E-state index in [1.807, 2.05) is 0 Å². The number of amides is 1. The predicted molar refractivity (Wildman–Crippen MR) is 69.7 cm³/mol. The molecule has 0 saturated carbocycles. The Kier molecular flexibility index (Phi) is 4.25. The number of hydrogen-bond donors (Lipinski definition) is 2. The first-order valence-corrected chi connectivity index (χ1v) is 6.88. The van der Waals surface area contributed by atoms with Gasteiger partial charge in [0.25, 0.3) is 5.91 Å². The van der Waals surface area contributed by atoms with Gasteiger partial charge in [-0.1, -0.05) is 13.8 Å². The minimum absolute atomic E-state index is 0.182. The van der Waals surface area contributed by atoms with E-state index in [1.54, 1.807) is 0 Å². The zero-order valence-corrected chi connectivity index (χ0v) is 11.4.